The fourth-order valence-corrected chi connectivity index (χ4v) is 1.65. The van der Waals surface area contributed by atoms with Crippen LogP contribution in [0.1, 0.15) is 12.0 Å². The molecule has 1 aromatic carbocycles. The Bertz CT molecular complexity index is 463. The van der Waals surface area contributed by atoms with Crippen LogP contribution < -0.4 is 25.8 Å². The van der Waals surface area contributed by atoms with Crippen LogP contribution in [0.4, 0.5) is 0 Å². The highest BCUT2D eigenvalue weighted by Crippen LogP contribution is 2.10. The zero-order valence-corrected chi connectivity index (χ0v) is 13.5. The van der Waals surface area contributed by atoms with Crippen molar-refractivity contribution in [2.75, 3.05) is 27.7 Å². The highest BCUT2D eigenvalue weighted by molar-refractivity contribution is 7.80. The van der Waals surface area contributed by atoms with Gasteiger partial charge in [-0.2, -0.15) is 0 Å². The molecule has 1 amide bonds. The predicted molar refractivity (Wildman–Crippen MR) is 86.0 cm³/mol. The number of thiocarbonyl (C=S) groups is 1. The average Bonchev–Trinajstić information content (AvgIpc) is 2.49. The van der Waals surface area contributed by atoms with Gasteiger partial charge in [0.1, 0.15) is 5.75 Å². The standard InChI is InChI=1S/C14H22N4O2S/c1-18(2)9-8-13(19)16-17-14(21)15-10-11-4-6-12(20-3)7-5-11/h4-7H,8-10H2,1-3H3,(H,16,19)(H2,15,17,21)/p+1. The Morgan fingerprint density at radius 3 is 2.48 bits per heavy atom. The number of ether oxygens (including phenoxy) is 1. The highest BCUT2D eigenvalue weighted by atomic mass is 32.1. The van der Waals surface area contributed by atoms with Crippen molar-refractivity contribution in [1.82, 2.24) is 16.2 Å². The molecule has 0 fully saturated rings. The summed E-state index contributed by atoms with van der Waals surface area (Å²) in [7, 11) is 5.64. The van der Waals surface area contributed by atoms with Crippen molar-refractivity contribution in [2.45, 2.75) is 13.0 Å². The van der Waals surface area contributed by atoms with Gasteiger partial charge in [-0.05, 0) is 29.9 Å². The molecule has 0 aliphatic heterocycles. The molecule has 0 aliphatic rings. The van der Waals surface area contributed by atoms with E-state index in [-0.39, 0.29) is 5.91 Å². The molecule has 0 saturated carbocycles. The number of hydrogen-bond acceptors (Lipinski definition) is 3. The van der Waals surface area contributed by atoms with Gasteiger partial charge in [0.2, 0.25) is 5.91 Å². The average molecular weight is 311 g/mol. The Balaban J connectivity index is 2.22. The minimum absolute atomic E-state index is 0.0789. The van der Waals surface area contributed by atoms with E-state index in [2.05, 4.69) is 16.2 Å². The van der Waals surface area contributed by atoms with Gasteiger partial charge in [-0.3, -0.25) is 15.6 Å². The second kappa shape index (κ2) is 9.15. The summed E-state index contributed by atoms with van der Waals surface area (Å²) in [5.74, 6) is 0.736. The minimum Gasteiger partial charge on any atom is -0.497 e. The molecule has 6 nitrogen and oxygen atoms in total. The maximum Gasteiger partial charge on any atom is 0.244 e. The fraction of sp³-hybridized carbons (Fsp3) is 0.429. The summed E-state index contributed by atoms with van der Waals surface area (Å²) in [4.78, 5) is 12.7. The third-order valence-electron chi connectivity index (χ3n) is 2.78. The van der Waals surface area contributed by atoms with Gasteiger partial charge < -0.3 is 15.0 Å². The molecule has 0 spiro atoms. The summed E-state index contributed by atoms with van der Waals surface area (Å²) in [6, 6.07) is 7.68. The van der Waals surface area contributed by atoms with Gasteiger partial charge in [-0.1, -0.05) is 12.1 Å². The van der Waals surface area contributed by atoms with Gasteiger partial charge in [0.15, 0.2) is 5.11 Å². The molecule has 116 valence electrons. The van der Waals surface area contributed by atoms with Crippen LogP contribution in [0.5, 0.6) is 5.75 Å². The Labute approximate surface area is 130 Å². The van der Waals surface area contributed by atoms with Crippen molar-refractivity contribution in [3.63, 3.8) is 0 Å². The maximum atomic E-state index is 11.5. The summed E-state index contributed by atoms with van der Waals surface area (Å²) >= 11 is 5.09. The lowest BCUT2D eigenvalue weighted by Gasteiger charge is -2.12. The number of methoxy groups -OCH3 is 1. The van der Waals surface area contributed by atoms with E-state index in [1.165, 1.54) is 4.90 Å². The number of carbonyl (C=O) groups is 1. The topological polar surface area (TPSA) is 66.8 Å². The van der Waals surface area contributed by atoms with Crippen molar-refractivity contribution in [1.29, 1.82) is 0 Å². The molecule has 0 saturated heterocycles. The number of amides is 1. The normalized spacial score (nSPS) is 10.1. The number of hydrogen-bond donors (Lipinski definition) is 4. The number of benzene rings is 1. The first-order valence-corrected chi connectivity index (χ1v) is 7.16. The van der Waals surface area contributed by atoms with Gasteiger partial charge in [0, 0.05) is 6.54 Å². The van der Waals surface area contributed by atoms with Crippen LogP contribution in [0.25, 0.3) is 0 Å². The summed E-state index contributed by atoms with van der Waals surface area (Å²) < 4.78 is 5.09. The number of quaternary nitrogens is 1. The van der Waals surface area contributed by atoms with Crippen LogP contribution in [-0.4, -0.2) is 38.8 Å². The van der Waals surface area contributed by atoms with E-state index in [1.54, 1.807) is 7.11 Å². The van der Waals surface area contributed by atoms with E-state index >= 15 is 0 Å². The third-order valence-corrected chi connectivity index (χ3v) is 3.03. The van der Waals surface area contributed by atoms with E-state index in [9.17, 15) is 4.79 Å². The first-order chi connectivity index (χ1) is 10.0. The van der Waals surface area contributed by atoms with Gasteiger partial charge in [0.05, 0.1) is 34.2 Å². The van der Waals surface area contributed by atoms with Crippen LogP contribution in [-0.2, 0) is 11.3 Å². The lowest BCUT2D eigenvalue weighted by Crippen LogP contribution is -3.05. The van der Waals surface area contributed by atoms with Crippen LogP contribution in [0, 0.1) is 0 Å². The quantitative estimate of drug-likeness (QED) is 0.410. The molecule has 0 radical (unpaired) electrons. The molecule has 0 bridgehead atoms. The molecule has 0 atom stereocenters. The van der Waals surface area contributed by atoms with E-state index in [1.807, 2.05) is 38.4 Å². The number of rotatable bonds is 6. The zero-order valence-electron chi connectivity index (χ0n) is 12.7. The summed E-state index contributed by atoms with van der Waals surface area (Å²) in [6.45, 7) is 1.35. The van der Waals surface area contributed by atoms with Crippen molar-refractivity contribution in [3.8, 4) is 5.75 Å². The molecular weight excluding hydrogens is 288 g/mol. The molecule has 21 heavy (non-hydrogen) atoms. The van der Waals surface area contributed by atoms with Crippen LogP contribution in [0.15, 0.2) is 24.3 Å². The van der Waals surface area contributed by atoms with E-state index in [0.717, 1.165) is 17.9 Å². The largest absolute Gasteiger partial charge is 0.497 e. The van der Waals surface area contributed by atoms with Gasteiger partial charge >= 0.3 is 0 Å². The smallest absolute Gasteiger partial charge is 0.244 e. The summed E-state index contributed by atoms with van der Waals surface area (Å²) in [5.41, 5.74) is 6.32. The number of nitrogens with one attached hydrogen (secondary N) is 4. The molecule has 0 unspecified atom stereocenters. The minimum atomic E-state index is -0.0789. The van der Waals surface area contributed by atoms with Crippen molar-refractivity contribution >= 4 is 23.2 Å². The monoisotopic (exact) mass is 311 g/mol. The van der Waals surface area contributed by atoms with Crippen molar-refractivity contribution in [2.24, 2.45) is 0 Å². The molecule has 1 aromatic rings. The second-order valence-electron chi connectivity index (χ2n) is 4.91. The lowest BCUT2D eigenvalue weighted by atomic mass is 10.2. The molecule has 0 heterocycles. The number of hydrazine groups is 1. The molecule has 0 aromatic heterocycles. The van der Waals surface area contributed by atoms with E-state index < -0.39 is 0 Å². The Hall–Kier alpha value is -1.86. The molecule has 7 heteroatoms. The highest BCUT2D eigenvalue weighted by Gasteiger charge is 2.04. The van der Waals surface area contributed by atoms with E-state index in [4.69, 9.17) is 17.0 Å². The molecular formula is C14H23N4O2S+. The number of carbonyl (C=O) groups excluding carboxylic acids is 1. The zero-order chi connectivity index (χ0) is 15.7. The first-order valence-electron chi connectivity index (χ1n) is 6.76. The lowest BCUT2D eigenvalue weighted by molar-refractivity contribution is -0.857. The third kappa shape index (κ3) is 7.48. The Morgan fingerprint density at radius 1 is 1.24 bits per heavy atom. The van der Waals surface area contributed by atoms with Gasteiger partial charge in [0.25, 0.3) is 0 Å². The molecule has 0 aliphatic carbocycles. The predicted octanol–water partition coefficient (Wildman–Crippen LogP) is -0.775. The Morgan fingerprint density at radius 2 is 1.90 bits per heavy atom. The van der Waals surface area contributed by atoms with E-state index in [0.29, 0.717) is 18.1 Å². The second-order valence-corrected chi connectivity index (χ2v) is 5.32. The fourth-order valence-electron chi connectivity index (χ4n) is 1.52. The molecule has 1 rings (SSSR count). The van der Waals surface area contributed by atoms with Crippen LogP contribution >= 0.6 is 12.2 Å². The van der Waals surface area contributed by atoms with Crippen LogP contribution in [0.2, 0.25) is 0 Å². The SMILES string of the molecule is COc1ccc(CNC(=S)NNC(=O)CC[NH+](C)C)cc1. The first kappa shape index (κ1) is 17.2. The summed E-state index contributed by atoms with van der Waals surface area (Å²) in [5, 5.41) is 3.40. The molecule has 4 N–H and O–H groups in total. The Kier molecular flexibility index (Phi) is 7.49. The van der Waals surface area contributed by atoms with Crippen molar-refractivity contribution in [3.05, 3.63) is 29.8 Å². The van der Waals surface area contributed by atoms with Gasteiger partial charge in [-0.15, -0.1) is 0 Å². The van der Waals surface area contributed by atoms with Gasteiger partial charge in [-0.25, -0.2) is 0 Å². The van der Waals surface area contributed by atoms with Crippen molar-refractivity contribution < 1.29 is 14.4 Å². The van der Waals surface area contributed by atoms with Crippen LogP contribution in [0.3, 0.4) is 0 Å². The maximum absolute atomic E-state index is 11.5. The summed E-state index contributed by atoms with van der Waals surface area (Å²) in [6.07, 6.45) is 0.455.